The summed E-state index contributed by atoms with van der Waals surface area (Å²) in [6, 6.07) is 5.80. The SMILES string of the molecule is COc1cc(CNC(=O)C(C)C)ccc1OCC(O)CNC(C)C. The first kappa shape index (κ1) is 20.3. The van der Waals surface area contributed by atoms with Gasteiger partial charge >= 0.3 is 0 Å². The molecule has 0 saturated heterocycles. The minimum absolute atomic E-state index is 0.00932. The van der Waals surface area contributed by atoms with Crippen molar-refractivity contribution in [2.45, 2.75) is 46.4 Å². The average Bonchev–Trinajstić information content (AvgIpc) is 2.55. The third-order valence-corrected chi connectivity index (χ3v) is 3.41. The number of amides is 1. The van der Waals surface area contributed by atoms with E-state index in [1.807, 2.05) is 39.8 Å². The highest BCUT2D eigenvalue weighted by Gasteiger charge is 2.11. The molecule has 0 aromatic heterocycles. The zero-order chi connectivity index (χ0) is 18.1. The Kier molecular flexibility index (Phi) is 8.57. The molecule has 0 saturated carbocycles. The Hall–Kier alpha value is -1.79. The van der Waals surface area contributed by atoms with Gasteiger partial charge in [0.15, 0.2) is 11.5 Å². The van der Waals surface area contributed by atoms with Gasteiger partial charge in [-0.3, -0.25) is 4.79 Å². The molecule has 0 aliphatic carbocycles. The van der Waals surface area contributed by atoms with Crippen LogP contribution in [0.4, 0.5) is 0 Å². The molecule has 1 aromatic rings. The van der Waals surface area contributed by atoms with Crippen molar-refractivity contribution in [3.8, 4) is 11.5 Å². The van der Waals surface area contributed by atoms with Crippen molar-refractivity contribution in [1.82, 2.24) is 10.6 Å². The number of carbonyl (C=O) groups is 1. The van der Waals surface area contributed by atoms with Crippen molar-refractivity contribution in [3.63, 3.8) is 0 Å². The highest BCUT2D eigenvalue weighted by atomic mass is 16.5. The molecule has 24 heavy (non-hydrogen) atoms. The molecular weight excluding hydrogens is 308 g/mol. The molecule has 136 valence electrons. The van der Waals surface area contributed by atoms with E-state index in [9.17, 15) is 9.90 Å². The van der Waals surface area contributed by atoms with Gasteiger partial charge < -0.3 is 25.2 Å². The molecule has 0 bridgehead atoms. The number of hydrogen-bond donors (Lipinski definition) is 3. The van der Waals surface area contributed by atoms with Crippen LogP contribution < -0.4 is 20.1 Å². The number of carbonyl (C=O) groups excluding carboxylic acids is 1. The molecule has 1 rings (SSSR count). The van der Waals surface area contributed by atoms with Gasteiger partial charge in [0.1, 0.15) is 12.7 Å². The second-order valence-corrected chi connectivity index (χ2v) is 6.39. The lowest BCUT2D eigenvalue weighted by molar-refractivity contribution is -0.124. The molecule has 0 radical (unpaired) electrons. The van der Waals surface area contributed by atoms with E-state index < -0.39 is 6.10 Å². The summed E-state index contributed by atoms with van der Waals surface area (Å²) in [6.07, 6.45) is -0.595. The van der Waals surface area contributed by atoms with E-state index in [1.54, 1.807) is 13.2 Å². The van der Waals surface area contributed by atoms with E-state index in [1.165, 1.54) is 0 Å². The third-order valence-electron chi connectivity index (χ3n) is 3.41. The van der Waals surface area contributed by atoms with Gasteiger partial charge in [-0.1, -0.05) is 33.8 Å². The maximum absolute atomic E-state index is 11.6. The minimum Gasteiger partial charge on any atom is -0.493 e. The lowest BCUT2D eigenvalue weighted by atomic mass is 10.1. The molecule has 1 unspecified atom stereocenters. The van der Waals surface area contributed by atoms with Gasteiger partial charge in [-0.05, 0) is 17.7 Å². The van der Waals surface area contributed by atoms with Gasteiger partial charge in [0.05, 0.1) is 7.11 Å². The smallest absolute Gasteiger partial charge is 0.222 e. The Morgan fingerprint density at radius 1 is 1.21 bits per heavy atom. The van der Waals surface area contributed by atoms with Gasteiger partial charge in [-0.25, -0.2) is 0 Å². The lowest BCUT2D eigenvalue weighted by Crippen LogP contribution is -2.35. The van der Waals surface area contributed by atoms with Gasteiger partial charge in [-0.15, -0.1) is 0 Å². The number of hydrogen-bond acceptors (Lipinski definition) is 5. The second kappa shape index (κ2) is 10.2. The van der Waals surface area contributed by atoms with Gasteiger partial charge in [0.2, 0.25) is 5.91 Å². The molecule has 1 aromatic carbocycles. The highest BCUT2D eigenvalue weighted by Crippen LogP contribution is 2.28. The summed E-state index contributed by atoms with van der Waals surface area (Å²) in [5.41, 5.74) is 0.926. The maximum atomic E-state index is 11.6. The zero-order valence-corrected chi connectivity index (χ0v) is 15.3. The summed E-state index contributed by atoms with van der Waals surface area (Å²) in [7, 11) is 1.56. The average molecular weight is 338 g/mol. The van der Waals surface area contributed by atoms with E-state index in [-0.39, 0.29) is 18.4 Å². The number of methoxy groups -OCH3 is 1. The van der Waals surface area contributed by atoms with Crippen LogP contribution in [0.25, 0.3) is 0 Å². The summed E-state index contributed by atoms with van der Waals surface area (Å²) in [4.78, 5) is 11.6. The molecule has 0 aliphatic heterocycles. The van der Waals surface area contributed by atoms with Crippen LogP contribution in [0.1, 0.15) is 33.3 Å². The topological polar surface area (TPSA) is 79.8 Å². The number of ether oxygens (including phenoxy) is 2. The van der Waals surface area contributed by atoms with Crippen LogP contribution >= 0.6 is 0 Å². The quantitative estimate of drug-likeness (QED) is 0.605. The Bertz CT molecular complexity index is 518. The fourth-order valence-electron chi connectivity index (χ4n) is 1.95. The predicted molar refractivity (Wildman–Crippen MR) is 94.3 cm³/mol. The van der Waals surface area contributed by atoms with E-state index in [4.69, 9.17) is 9.47 Å². The fourth-order valence-corrected chi connectivity index (χ4v) is 1.95. The van der Waals surface area contributed by atoms with Crippen molar-refractivity contribution in [2.75, 3.05) is 20.3 Å². The summed E-state index contributed by atoms with van der Waals surface area (Å²) in [6.45, 7) is 8.84. The molecule has 3 N–H and O–H groups in total. The number of aliphatic hydroxyl groups excluding tert-OH is 1. The largest absolute Gasteiger partial charge is 0.493 e. The molecule has 0 spiro atoms. The van der Waals surface area contributed by atoms with Crippen LogP contribution in [0.3, 0.4) is 0 Å². The third kappa shape index (κ3) is 7.19. The van der Waals surface area contributed by atoms with E-state index in [0.29, 0.717) is 30.6 Å². The monoisotopic (exact) mass is 338 g/mol. The van der Waals surface area contributed by atoms with Gasteiger partial charge in [0, 0.05) is 25.0 Å². The van der Waals surface area contributed by atoms with E-state index in [2.05, 4.69) is 10.6 Å². The number of rotatable bonds is 10. The van der Waals surface area contributed by atoms with Gasteiger partial charge in [0.25, 0.3) is 0 Å². The van der Waals surface area contributed by atoms with Gasteiger partial charge in [-0.2, -0.15) is 0 Å². The first-order valence-electron chi connectivity index (χ1n) is 8.32. The first-order chi connectivity index (χ1) is 11.3. The van der Waals surface area contributed by atoms with E-state index >= 15 is 0 Å². The molecule has 0 aliphatic rings. The Morgan fingerprint density at radius 3 is 2.50 bits per heavy atom. The van der Waals surface area contributed by atoms with Crippen molar-refractivity contribution >= 4 is 5.91 Å². The predicted octanol–water partition coefficient (Wildman–Crippen LogP) is 1.71. The maximum Gasteiger partial charge on any atom is 0.222 e. The molecule has 1 atom stereocenters. The molecule has 6 nitrogen and oxygen atoms in total. The lowest BCUT2D eigenvalue weighted by Gasteiger charge is -2.17. The molecule has 0 fully saturated rings. The second-order valence-electron chi connectivity index (χ2n) is 6.39. The van der Waals surface area contributed by atoms with Crippen LogP contribution in [0.2, 0.25) is 0 Å². The molecule has 6 heteroatoms. The molecular formula is C18H30N2O4. The van der Waals surface area contributed by atoms with Crippen LogP contribution in [-0.2, 0) is 11.3 Å². The van der Waals surface area contributed by atoms with Crippen LogP contribution in [-0.4, -0.2) is 43.4 Å². The van der Waals surface area contributed by atoms with Crippen molar-refractivity contribution < 1.29 is 19.4 Å². The number of benzene rings is 1. The summed E-state index contributed by atoms with van der Waals surface area (Å²) < 4.78 is 11.0. The zero-order valence-electron chi connectivity index (χ0n) is 15.3. The number of aliphatic hydroxyl groups is 1. The first-order valence-corrected chi connectivity index (χ1v) is 8.32. The Morgan fingerprint density at radius 2 is 1.92 bits per heavy atom. The Labute approximate surface area is 144 Å². The van der Waals surface area contributed by atoms with Crippen LogP contribution in [0.5, 0.6) is 11.5 Å². The highest BCUT2D eigenvalue weighted by molar-refractivity contribution is 5.77. The Balaban J connectivity index is 2.58. The van der Waals surface area contributed by atoms with Crippen molar-refractivity contribution in [1.29, 1.82) is 0 Å². The normalized spacial score (nSPS) is 12.3. The van der Waals surface area contributed by atoms with Crippen LogP contribution in [0, 0.1) is 5.92 Å². The summed E-state index contributed by atoms with van der Waals surface area (Å²) in [5, 5.41) is 15.9. The molecule has 1 amide bonds. The van der Waals surface area contributed by atoms with Crippen LogP contribution in [0.15, 0.2) is 18.2 Å². The standard InChI is InChI=1S/C18H30N2O4/c1-12(2)18(22)20-9-14-6-7-16(17(8-14)23-5)24-11-15(21)10-19-13(3)4/h6-8,12-13,15,19,21H,9-11H2,1-5H3,(H,20,22). The summed E-state index contributed by atoms with van der Waals surface area (Å²) in [5.74, 6) is 1.11. The minimum atomic E-state index is -0.595. The fraction of sp³-hybridized carbons (Fsp3) is 0.611. The number of nitrogens with one attached hydrogen (secondary N) is 2. The van der Waals surface area contributed by atoms with E-state index in [0.717, 1.165) is 5.56 Å². The van der Waals surface area contributed by atoms with Crippen molar-refractivity contribution in [2.24, 2.45) is 5.92 Å². The van der Waals surface area contributed by atoms with Crippen molar-refractivity contribution in [3.05, 3.63) is 23.8 Å². The molecule has 0 heterocycles. The summed E-state index contributed by atoms with van der Waals surface area (Å²) >= 11 is 0.